The van der Waals surface area contributed by atoms with Gasteiger partial charge in [0, 0.05) is 17.9 Å². The van der Waals surface area contributed by atoms with Gasteiger partial charge in [-0.15, -0.1) is 0 Å². The number of hydrogen-bond acceptors (Lipinski definition) is 5. The number of aromatic nitrogens is 2. The number of fused-ring (bicyclic) bond motifs is 1. The van der Waals surface area contributed by atoms with Crippen molar-refractivity contribution in [2.24, 2.45) is 0 Å². The fourth-order valence-corrected chi connectivity index (χ4v) is 4.24. The number of aryl methyl sites for hydroxylation is 2. The first-order chi connectivity index (χ1) is 15.3. The Kier molecular flexibility index (Phi) is 6.09. The van der Waals surface area contributed by atoms with Gasteiger partial charge < -0.3 is 15.6 Å². The molecule has 0 unspecified atom stereocenters. The standard InChI is InChI=1S/C23H21FN4O3S/c1-12-3-8-16(9-13(12)2)25-21(30)17-10-18(29)26-20-19(17)22(31)28-23(27-20)32-11-14-4-6-15(24)7-5-14/h3-9,17H,10-11H2,1-2H3,(H,25,30)(H2,26,27,28,29,31)/t17-/m1/s1. The lowest BCUT2D eigenvalue weighted by molar-refractivity contribution is -0.123. The number of thioether (sulfide) groups is 1. The molecule has 9 heteroatoms. The van der Waals surface area contributed by atoms with Crippen LogP contribution in [0.4, 0.5) is 15.9 Å². The third-order valence-corrected chi connectivity index (χ3v) is 6.25. The Balaban J connectivity index is 1.56. The predicted octanol–water partition coefficient (Wildman–Crippen LogP) is 3.88. The summed E-state index contributed by atoms with van der Waals surface area (Å²) in [6, 6.07) is 11.5. The Morgan fingerprint density at radius 1 is 1.16 bits per heavy atom. The molecule has 2 heterocycles. The number of nitrogens with one attached hydrogen (secondary N) is 3. The third kappa shape index (κ3) is 4.72. The van der Waals surface area contributed by atoms with Crippen LogP contribution in [0.25, 0.3) is 0 Å². The maximum absolute atomic E-state index is 13.1. The maximum Gasteiger partial charge on any atom is 0.257 e. The second kappa shape index (κ2) is 8.96. The fraction of sp³-hybridized carbons (Fsp3) is 0.217. The van der Waals surface area contributed by atoms with Gasteiger partial charge in [0.25, 0.3) is 5.56 Å². The van der Waals surface area contributed by atoms with Crippen molar-refractivity contribution in [3.8, 4) is 0 Å². The number of H-pyrrole nitrogens is 1. The van der Waals surface area contributed by atoms with Gasteiger partial charge in [-0.05, 0) is 54.8 Å². The Hall–Kier alpha value is -3.46. The minimum atomic E-state index is -0.951. The smallest absolute Gasteiger partial charge is 0.257 e. The van der Waals surface area contributed by atoms with E-state index in [1.54, 1.807) is 18.2 Å². The van der Waals surface area contributed by atoms with E-state index < -0.39 is 17.4 Å². The molecule has 7 nitrogen and oxygen atoms in total. The van der Waals surface area contributed by atoms with E-state index in [4.69, 9.17) is 0 Å². The topological polar surface area (TPSA) is 104 Å². The van der Waals surface area contributed by atoms with Crippen LogP contribution in [0.5, 0.6) is 0 Å². The number of benzene rings is 2. The first kappa shape index (κ1) is 21.8. The van der Waals surface area contributed by atoms with Crippen molar-refractivity contribution in [2.45, 2.75) is 37.1 Å². The van der Waals surface area contributed by atoms with Gasteiger partial charge in [-0.2, -0.15) is 0 Å². The average molecular weight is 453 g/mol. The van der Waals surface area contributed by atoms with E-state index in [-0.39, 0.29) is 29.5 Å². The number of amides is 2. The largest absolute Gasteiger partial charge is 0.326 e. The molecule has 0 aliphatic carbocycles. The molecule has 1 aromatic heterocycles. The van der Waals surface area contributed by atoms with E-state index in [1.807, 2.05) is 26.0 Å². The van der Waals surface area contributed by atoms with E-state index in [0.717, 1.165) is 16.7 Å². The summed E-state index contributed by atoms with van der Waals surface area (Å²) in [5, 5.41) is 5.70. The predicted molar refractivity (Wildman–Crippen MR) is 121 cm³/mol. The molecule has 2 aromatic carbocycles. The normalized spacial score (nSPS) is 15.1. The molecule has 0 bridgehead atoms. The summed E-state index contributed by atoms with van der Waals surface area (Å²) in [6.07, 6.45) is -0.142. The number of rotatable bonds is 5. The molecule has 2 amide bonds. The Labute approximate surface area is 187 Å². The number of carbonyl (C=O) groups excluding carboxylic acids is 2. The summed E-state index contributed by atoms with van der Waals surface area (Å²) >= 11 is 1.24. The summed E-state index contributed by atoms with van der Waals surface area (Å²) in [5.74, 6) is -1.56. The molecule has 32 heavy (non-hydrogen) atoms. The highest BCUT2D eigenvalue weighted by atomic mass is 32.2. The van der Waals surface area contributed by atoms with Crippen molar-refractivity contribution in [3.63, 3.8) is 0 Å². The Morgan fingerprint density at radius 3 is 2.62 bits per heavy atom. The Bertz CT molecular complexity index is 1260. The molecule has 0 saturated heterocycles. The molecule has 1 aliphatic heterocycles. The highest BCUT2D eigenvalue weighted by Crippen LogP contribution is 2.31. The zero-order chi connectivity index (χ0) is 22.8. The van der Waals surface area contributed by atoms with Crippen molar-refractivity contribution < 1.29 is 14.0 Å². The van der Waals surface area contributed by atoms with E-state index in [1.165, 1.54) is 23.9 Å². The van der Waals surface area contributed by atoms with Gasteiger partial charge in [0.2, 0.25) is 11.8 Å². The molecule has 164 valence electrons. The minimum Gasteiger partial charge on any atom is -0.326 e. The lowest BCUT2D eigenvalue weighted by Gasteiger charge is -2.23. The van der Waals surface area contributed by atoms with Gasteiger partial charge in [0.1, 0.15) is 11.6 Å². The zero-order valence-electron chi connectivity index (χ0n) is 17.5. The third-order valence-electron chi connectivity index (χ3n) is 5.31. The second-order valence-electron chi connectivity index (χ2n) is 7.64. The molecule has 3 N–H and O–H groups in total. The quantitative estimate of drug-likeness (QED) is 0.403. The number of nitrogens with zero attached hydrogens (tertiary/aromatic N) is 1. The van der Waals surface area contributed by atoms with Crippen LogP contribution >= 0.6 is 11.8 Å². The first-order valence-electron chi connectivity index (χ1n) is 9.99. The minimum absolute atomic E-state index is 0.0897. The average Bonchev–Trinajstić information content (AvgIpc) is 2.75. The van der Waals surface area contributed by atoms with Gasteiger partial charge in [0.05, 0.1) is 11.5 Å². The lowest BCUT2D eigenvalue weighted by atomic mass is 9.92. The molecule has 4 rings (SSSR count). The number of hydrogen-bond donors (Lipinski definition) is 3. The number of aromatic amines is 1. The second-order valence-corrected chi connectivity index (χ2v) is 8.61. The summed E-state index contributed by atoms with van der Waals surface area (Å²) in [7, 11) is 0. The van der Waals surface area contributed by atoms with Crippen LogP contribution in [0.3, 0.4) is 0 Å². The van der Waals surface area contributed by atoms with E-state index >= 15 is 0 Å². The molecule has 3 aromatic rings. The molecular formula is C23H21FN4O3S. The SMILES string of the molecule is Cc1ccc(NC(=O)[C@@H]2CC(=O)Nc3nc(SCc4ccc(F)cc4)[nH]c(=O)c32)cc1C. The van der Waals surface area contributed by atoms with Crippen molar-refractivity contribution in [2.75, 3.05) is 10.6 Å². The van der Waals surface area contributed by atoms with Crippen molar-refractivity contribution >= 4 is 35.1 Å². The van der Waals surface area contributed by atoms with Gasteiger partial charge in [-0.3, -0.25) is 14.4 Å². The molecule has 0 radical (unpaired) electrons. The zero-order valence-corrected chi connectivity index (χ0v) is 18.3. The fourth-order valence-electron chi connectivity index (χ4n) is 3.42. The van der Waals surface area contributed by atoms with Crippen molar-refractivity contribution in [1.82, 2.24) is 9.97 Å². The lowest BCUT2D eigenvalue weighted by Crippen LogP contribution is -2.36. The first-order valence-corrected chi connectivity index (χ1v) is 11.0. The van der Waals surface area contributed by atoms with Crippen molar-refractivity contribution in [1.29, 1.82) is 0 Å². The molecule has 0 saturated carbocycles. The van der Waals surface area contributed by atoms with Gasteiger partial charge in [0.15, 0.2) is 5.16 Å². The van der Waals surface area contributed by atoms with Crippen LogP contribution in [0.2, 0.25) is 0 Å². The monoisotopic (exact) mass is 452 g/mol. The highest BCUT2D eigenvalue weighted by Gasteiger charge is 2.34. The molecular weight excluding hydrogens is 431 g/mol. The molecule has 1 atom stereocenters. The van der Waals surface area contributed by atoms with Gasteiger partial charge in [-0.1, -0.05) is 30.0 Å². The summed E-state index contributed by atoms with van der Waals surface area (Å²) in [5.41, 5.74) is 3.23. The van der Waals surface area contributed by atoms with Gasteiger partial charge in [-0.25, -0.2) is 9.37 Å². The summed E-state index contributed by atoms with van der Waals surface area (Å²) < 4.78 is 13.1. The highest BCUT2D eigenvalue weighted by molar-refractivity contribution is 7.98. The van der Waals surface area contributed by atoms with Gasteiger partial charge >= 0.3 is 0 Å². The Morgan fingerprint density at radius 2 is 1.91 bits per heavy atom. The number of anilines is 2. The molecule has 0 spiro atoms. The van der Waals surface area contributed by atoms with Crippen LogP contribution in [-0.4, -0.2) is 21.8 Å². The number of carbonyl (C=O) groups is 2. The van der Waals surface area contributed by atoms with Crippen LogP contribution in [0.1, 0.15) is 34.6 Å². The molecule has 1 aliphatic rings. The van der Waals surface area contributed by atoms with E-state index in [2.05, 4.69) is 20.6 Å². The molecule has 0 fully saturated rings. The van der Waals surface area contributed by atoms with Crippen molar-refractivity contribution in [3.05, 3.63) is 80.9 Å². The van der Waals surface area contributed by atoms with Crippen LogP contribution in [0.15, 0.2) is 52.4 Å². The summed E-state index contributed by atoms with van der Waals surface area (Å²) in [4.78, 5) is 45.0. The maximum atomic E-state index is 13.1. The van der Waals surface area contributed by atoms with E-state index in [9.17, 15) is 18.8 Å². The van der Waals surface area contributed by atoms with Crippen LogP contribution in [0, 0.1) is 19.7 Å². The summed E-state index contributed by atoms with van der Waals surface area (Å²) in [6.45, 7) is 3.91. The van der Waals surface area contributed by atoms with Crippen LogP contribution < -0.4 is 16.2 Å². The number of halogens is 1. The van der Waals surface area contributed by atoms with E-state index in [0.29, 0.717) is 16.6 Å². The van der Waals surface area contributed by atoms with Crippen LogP contribution in [-0.2, 0) is 15.3 Å².